The van der Waals surface area contributed by atoms with Gasteiger partial charge in [-0.05, 0) is 128 Å². The molecular weight excluding hydrogens is 841 g/mol. The van der Waals surface area contributed by atoms with E-state index in [0.717, 1.165) is 135 Å². The first-order chi connectivity index (χ1) is 33.5. The second-order valence-corrected chi connectivity index (χ2v) is 18.1. The molecule has 0 spiro atoms. The van der Waals surface area contributed by atoms with E-state index in [9.17, 15) is 14.4 Å². The van der Waals surface area contributed by atoms with Gasteiger partial charge in [-0.15, -0.1) is 0 Å². The molecule has 0 atom stereocenters. The van der Waals surface area contributed by atoms with E-state index in [2.05, 4.69) is 130 Å². The molecule has 0 aromatic rings. The van der Waals surface area contributed by atoms with Crippen molar-refractivity contribution in [3.05, 3.63) is 109 Å². The molecule has 6 heteroatoms. The van der Waals surface area contributed by atoms with Crippen LogP contribution in [0.4, 0.5) is 0 Å². The average molecular weight is 943 g/mol. The van der Waals surface area contributed by atoms with Crippen molar-refractivity contribution in [1.82, 2.24) is 0 Å². The predicted molar refractivity (Wildman–Crippen MR) is 293 cm³/mol. The maximum Gasteiger partial charge on any atom is 0.306 e. The topological polar surface area (TPSA) is 78.9 Å². The molecule has 0 radical (unpaired) electrons. The minimum atomic E-state index is -0.811. The molecule has 0 saturated heterocycles. The van der Waals surface area contributed by atoms with E-state index in [-0.39, 0.29) is 37.5 Å². The van der Waals surface area contributed by atoms with E-state index in [1.807, 2.05) is 0 Å². The average Bonchev–Trinajstić information content (AvgIpc) is 3.34. The summed E-state index contributed by atoms with van der Waals surface area (Å²) in [6.07, 6.45) is 74.9. The number of ether oxygens (including phenoxy) is 3. The molecule has 0 bridgehead atoms. The summed E-state index contributed by atoms with van der Waals surface area (Å²) >= 11 is 0. The van der Waals surface area contributed by atoms with Crippen molar-refractivity contribution in [3.63, 3.8) is 0 Å². The molecule has 0 amide bonds. The quantitative estimate of drug-likeness (QED) is 0.0262. The molecule has 0 fully saturated rings. The first-order valence-electron chi connectivity index (χ1n) is 27.9. The minimum Gasteiger partial charge on any atom is -0.462 e. The van der Waals surface area contributed by atoms with Gasteiger partial charge in [0.25, 0.3) is 0 Å². The molecule has 68 heavy (non-hydrogen) atoms. The zero-order valence-corrected chi connectivity index (χ0v) is 44.1. The molecule has 0 aliphatic heterocycles. The van der Waals surface area contributed by atoms with Gasteiger partial charge in [0.2, 0.25) is 0 Å². The molecule has 0 aliphatic carbocycles. The maximum atomic E-state index is 12.8. The molecule has 0 N–H and O–H groups in total. The lowest BCUT2D eigenvalue weighted by molar-refractivity contribution is -0.167. The van der Waals surface area contributed by atoms with Crippen molar-refractivity contribution in [2.45, 2.75) is 252 Å². The van der Waals surface area contributed by atoms with Gasteiger partial charge in [-0.25, -0.2) is 0 Å². The van der Waals surface area contributed by atoms with Crippen molar-refractivity contribution in [1.29, 1.82) is 0 Å². The Hall–Kier alpha value is -3.93. The Kier molecular flexibility index (Phi) is 52.4. The molecule has 0 aromatic carbocycles. The van der Waals surface area contributed by atoms with E-state index < -0.39 is 6.10 Å². The van der Waals surface area contributed by atoms with Crippen LogP contribution < -0.4 is 0 Å². The van der Waals surface area contributed by atoms with Crippen LogP contribution in [0.25, 0.3) is 0 Å². The molecular formula is C62H102O6. The van der Waals surface area contributed by atoms with E-state index in [1.54, 1.807) is 0 Å². The van der Waals surface area contributed by atoms with Crippen molar-refractivity contribution in [3.8, 4) is 0 Å². The van der Waals surface area contributed by atoms with Gasteiger partial charge in [0.1, 0.15) is 13.2 Å². The molecule has 6 nitrogen and oxygen atoms in total. The Morgan fingerprint density at radius 1 is 0.294 bits per heavy atom. The third-order valence-corrected chi connectivity index (χ3v) is 11.5. The second kappa shape index (κ2) is 55.7. The molecule has 0 aromatic heterocycles. The number of esters is 3. The zero-order valence-electron chi connectivity index (χ0n) is 44.1. The minimum absolute atomic E-state index is 0.108. The van der Waals surface area contributed by atoms with Crippen molar-refractivity contribution < 1.29 is 28.6 Å². The summed E-state index contributed by atoms with van der Waals surface area (Å²) in [5.74, 6) is -0.973. The molecule has 0 rings (SSSR count). The third-order valence-electron chi connectivity index (χ3n) is 11.5. The normalized spacial score (nSPS) is 12.9. The predicted octanol–water partition coefficient (Wildman–Crippen LogP) is 18.7. The number of unbranched alkanes of at least 4 members (excludes halogenated alkanes) is 20. The van der Waals surface area contributed by atoms with E-state index >= 15 is 0 Å². The molecule has 0 heterocycles. The van der Waals surface area contributed by atoms with Gasteiger partial charge in [-0.3, -0.25) is 14.4 Å². The lowest BCUT2D eigenvalue weighted by Gasteiger charge is -2.18. The molecule has 0 unspecified atom stereocenters. The highest BCUT2D eigenvalue weighted by atomic mass is 16.6. The fraction of sp³-hybridized carbons (Fsp3) is 0.661. The number of hydrogen-bond acceptors (Lipinski definition) is 6. The summed E-state index contributed by atoms with van der Waals surface area (Å²) in [6.45, 7) is 6.48. The fourth-order valence-electron chi connectivity index (χ4n) is 7.21. The van der Waals surface area contributed by atoms with Crippen LogP contribution in [0.15, 0.2) is 109 Å². The van der Waals surface area contributed by atoms with Crippen LogP contribution in [0.1, 0.15) is 245 Å². The van der Waals surface area contributed by atoms with E-state index in [4.69, 9.17) is 14.2 Å². The summed E-state index contributed by atoms with van der Waals surface area (Å²) in [4.78, 5) is 38.1. The first-order valence-corrected chi connectivity index (χ1v) is 27.9. The van der Waals surface area contributed by atoms with Crippen LogP contribution in [-0.2, 0) is 28.6 Å². The van der Waals surface area contributed by atoms with Gasteiger partial charge in [-0.1, -0.05) is 207 Å². The van der Waals surface area contributed by atoms with Crippen LogP contribution >= 0.6 is 0 Å². The Morgan fingerprint density at radius 3 is 0.853 bits per heavy atom. The van der Waals surface area contributed by atoms with Crippen molar-refractivity contribution in [2.24, 2.45) is 0 Å². The highest BCUT2D eigenvalue weighted by Gasteiger charge is 2.19. The zero-order chi connectivity index (χ0) is 49.3. The molecule has 386 valence electrons. The smallest absolute Gasteiger partial charge is 0.306 e. The van der Waals surface area contributed by atoms with Gasteiger partial charge < -0.3 is 14.2 Å². The Balaban J connectivity index is 4.53. The summed E-state index contributed by atoms with van der Waals surface area (Å²) in [5, 5.41) is 0. The van der Waals surface area contributed by atoms with Crippen molar-refractivity contribution in [2.75, 3.05) is 13.2 Å². The summed E-state index contributed by atoms with van der Waals surface area (Å²) in [5.41, 5.74) is 0. The fourth-order valence-corrected chi connectivity index (χ4v) is 7.21. The van der Waals surface area contributed by atoms with Gasteiger partial charge in [-0.2, -0.15) is 0 Å². The highest BCUT2D eigenvalue weighted by Crippen LogP contribution is 2.12. The van der Waals surface area contributed by atoms with Gasteiger partial charge >= 0.3 is 17.9 Å². The standard InChI is InChI=1S/C62H102O6/c1-4-7-10-13-16-19-22-25-28-31-34-36-39-42-45-48-51-54-60(63)66-57-59(68-62(65)56-53-50-47-44-41-38-33-30-27-24-21-18-15-12-9-6-3)58-67-61(64)55-52-49-46-43-40-37-35-32-29-26-23-20-17-14-11-8-5-2/h15-20,24-29,33-38,59H,4-14,21-23,30-32,39-58H2,1-3H3. The van der Waals surface area contributed by atoms with Crippen molar-refractivity contribution >= 4 is 17.9 Å². The lowest BCUT2D eigenvalue weighted by Crippen LogP contribution is -2.30. The monoisotopic (exact) mass is 943 g/mol. The summed E-state index contributed by atoms with van der Waals surface area (Å²) in [7, 11) is 0. The number of carbonyl (C=O) groups excluding carboxylic acids is 3. The largest absolute Gasteiger partial charge is 0.462 e. The highest BCUT2D eigenvalue weighted by molar-refractivity contribution is 5.71. The van der Waals surface area contributed by atoms with Gasteiger partial charge in [0.15, 0.2) is 6.10 Å². The summed E-state index contributed by atoms with van der Waals surface area (Å²) < 4.78 is 16.8. The van der Waals surface area contributed by atoms with Gasteiger partial charge in [0, 0.05) is 19.3 Å². The maximum absolute atomic E-state index is 12.8. The van der Waals surface area contributed by atoms with Crippen LogP contribution in [-0.4, -0.2) is 37.2 Å². The number of carbonyl (C=O) groups is 3. The van der Waals surface area contributed by atoms with Crippen LogP contribution in [0.2, 0.25) is 0 Å². The Morgan fingerprint density at radius 2 is 0.544 bits per heavy atom. The number of hydrogen-bond donors (Lipinski definition) is 0. The molecule has 0 saturated carbocycles. The Bertz CT molecular complexity index is 1340. The molecule has 0 aliphatic rings. The second-order valence-electron chi connectivity index (χ2n) is 18.1. The Labute approximate surface area is 419 Å². The number of allylic oxidation sites excluding steroid dienone is 18. The number of rotatable bonds is 49. The lowest BCUT2D eigenvalue weighted by atomic mass is 10.1. The van der Waals surface area contributed by atoms with Crippen LogP contribution in [0.3, 0.4) is 0 Å². The van der Waals surface area contributed by atoms with E-state index in [1.165, 1.54) is 70.6 Å². The van der Waals surface area contributed by atoms with Crippen LogP contribution in [0.5, 0.6) is 0 Å². The third kappa shape index (κ3) is 53.0. The van der Waals surface area contributed by atoms with Gasteiger partial charge in [0.05, 0.1) is 0 Å². The SMILES string of the molecule is CCCCC=CCC=CCC=CCCCCCCC(=O)OC(COC(=O)CCCCCCC=CCC=CCC=CCCCCC)COC(=O)CCCCCCC=CCC=CCC=CCCCCC. The van der Waals surface area contributed by atoms with Crippen LogP contribution in [0, 0.1) is 0 Å². The summed E-state index contributed by atoms with van der Waals surface area (Å²) in [6, 6.07) is 0. The van der Waals surface area contributed by atoms with E-state index in [0.29, 0.717) is 12.8 Å². The first kappa shape index (κ1) is 64.1.